The molecule has 17 heavy (non-hydrogen) atoms. The Labute approximate surface area is 104 Å². The fourth-order valence-electron chi connectivity index (χ4n) is 1.47. The van der Waals surface area contributed by atoms with Crippen LogP contribution in [0.5, 0.6) is 11.5 Å². The molecule has 0 amide bonds. The molecule has 0 saturated heterocycles. The molecule has 1 aromatic carbocycles. The molecular weight excluding hydrogens is 214 g/mol. The minimum atomic E-state index is 0.0670. The van der Waals surface area contributed by atoms with Crippen molar-refractivity contribution < 1.29 is 9.47 Å². The molecule has 0 aliphatic heterocycles. The maximum atomic E-state index is 5.80. The van der Waals surface area contributed by atoms with Crippen molar-refractivity contribution in [1.29, 1.82) is 0 Å². The maximum Gasteiger partial charge on any atom is 0.120 e. The average Bonchev–Trinajstić information content (AvgIpc) is 2.34. The summed E-state index contributed by atoms with van der Waals surface area (Å²) in [5.41, 5.74) is 5.67. The molecule has 0 spiro atoms. The molecule has 0 saturated carbocycles. The van der Waals surface area contributed by atoms with E-state index in [1.165, 1.54) is 0 Å². The Balaban J connectivity index is 2.55. The Morgan fingerprint density at radius 1 is 1.12 bits per heavy atom. The van der Waals surface area contributed by atoms with Gasteiger partial charge in [-0.1, -0.05) is 20.8 Å². The van der Waals surface area contributed by atoms with Crippen LogP contribution in [0, 0.1) is 5.92 Å². The third-order valence-electron chi connectivity index (χ3n) is 2.56. The van der Waals surface area contributed by atoms with Gasteiger partial charge in [0.05, 0.1) is 6.61 Å². The van der Waals surface area contributed by atoms with Gasteiger partial charge in [0.1, 0.15) is 17.6 Å². The van der Waals surface area contributed by atoms with Crippen molar-refractivity contribution in [2.75, 3.05) is 13.2 Å². The van der Waals surface area contributed by atoms with E-state index in [1.807, 2.05) is 24.3 Å². The number of nitrogens with two attached hydrogens (primary N) is 1. The van der Waals surface area contributed by atoms with Gasteiger partial charge in [-0.15, -0.1) is 0 Å². The number of rotatable bonds is 7. The topological polar surface area (TPSA) is 44.5 Å². The van der Waals surface area contributed by atoms with E-state index in [0.29, 0.717) is 12.5 Å². The molecule has 0 aromatic heterocycles. The smallest absolute Gasteiger partial charge is 0.120 e. The summed E-state index contributed by atoms with van der Waals surface area (Å²) in [6, 6.07) is 7.71. The molecule has 0 bridgehead atoms. The molecule has 3 heteroatoms. The lowest BCUT2D eigenvalue weighted by molar-refractivity contribution is 0.159. The van der Waals surface area contributed by atoms with Crippen molar-refractivity contribution in [3.05, 3.63) is 24.3 Å². The number of benzene rings is 1. The highest BCUT2D eigenvalue weighted by atomic mass is 16.5. The molecule has 1 aromatic rings. The predicted molar refractivity (Wildman–Crippen MR) is 70.5 cm³/mol. The van der Waals surface area contributed by atoms with Gasteiger partial charge in [-0.25, -0.2) is 0 Å². The van der Waals surface area contributed by atoms with Crippen LogP contribution in [-0.2, 0) is 0 Å². The van der Waals surface area contributed by atoms with Gasteiger partial charge in [0.2, 0.25) is 0 Å². The van der Waals surface area contributed by atoms with E-state index >= 15 is 0 Å². The molecule has 96 valence electrons. The van der Waals surface area contributed by atoms with E-state index in [2.05, 4.69) is 20.8 Å². The van der Waals surface area contributed by atoms with E-state index < -0.39 is 0 Å². The van der Waals surface area contributed by atoms with Crippen LogP contribution in [0.25, 0.3) is 0 Å². The summed E-state index contributed by atoms with van der Waals surface area (Å²) < 4.78 is 11.3. The average molecular weight is 237 g/mol. The van der Waals surface area contributed by atoms with Crippen LogP contribution >= 0.6 is 0 Å². The zero-order valence-electron chi connectivity index (χ0n) is 11.0. The van der Waals surface area contributed by atoms with Crippen molar-refractivity contribution in [2.45, 2.75) is 33.3 Å². The number of hydrogen-bond acceptors (Lipinski definition) is 3. The van der Waals surface area contributed by atoms with Gasteiger partial charge in [-0.2, -0.15) is 0 Å². The summed E-state index contributed by atoms with van der Waals surface area (Å²) in [5.74, 6) is 2.14. The van der Waals surface area contributed by atoms with Gasteiger partial charge in [-0.3, -0.25) is 0 Å². The Kier molecular flexibility index (Phi) is 5.84. The van der Waals surface area contributed by atoms with E-state index in [9.17, 15) is 0 Å². The van der Waals surface area contributed by atoms with Crippen LogP contribution in [-0.4, -0.2) is 19.3 Å². The molecule has 0 heterocycles. The molecule has 0 aliphatic rings. The Bertz CT molecular complexity index is 309. The largest absolute Gasteiger partial charge is 0.494 e. The first-order valence-corrected chi connectivity index (χ1v) is 6.27. The summed E-state index contributed by atoms with van der Waals surface area (Å²) in [6.07, 6.45) is 1.08. The number of ether oxygens (including phenoxy) is 2. The van der Waals surface area contributed by atoms with Gasteiger partial charge >= 0.3 is 0 Å². The summed E-state index contributed by atoms with van der Waals surface area (Å²) in [5, 5.41) is 0. The van der Waals surface area contributed by atoms with Gasteiger partial charge in [0, 0.05) is 6.54 Å². The van der Waals surface area contributed by atoms with Gasteiger partial charge in [0.15, 0.2) is 0 Å². The minimum Gasteiger partial charge on any atom is -0.494 e. The van der Waals surface area contributed by atoms with Crippen molar-refractivity contribution in [2.24, 2.45) is 11.7 Å². The van der Waals surface area contributed by atoms with Gasteiger partial charge in [0.25, 0.3) is 0 Å². The summed E-state index contributed by atoms with van der Waals surface area (Å²) in [4.78, 5) is 0. The second-order valence-electron chi connectivity index (χ2n) is 4.46. The van der Waals surface area contributed by atoms with Crippen molar-refractivity contribution >= 4 is 0 Å². The first kappa shape index (κ1) is 13.8. The molecule has 1 unspecified atom stereocenters. The van der Waals surface area contributed by atoms with E-state index in [0.717, 1.165) is 24.5 Å². The van der Waals surface area contributed by atoms with Crippen LogP contribution in [0.3, 0.4) is 0 Å². The molecule has 1 atom stereocenters. The van der Waals surface area contributed by atoms with Crippen LogP contribution in [0.15, 0.2) is 24.3 Å². The summed E-state index contributed by atoms with van der Waals surface area (Å²) >= 11 is 0. The monoisotopic (exact) mass is 237 g/mol. The molecular formula is C14H23NO2. The van der Waals surface area contributed by atoms with Gasteiger partial charge < -0.3 is 15.2 Å². The molecule has 3 nitrogen and oxygen atoms in total. The molecule has 1 rings (SSSR count). The van der Waals surface area contributed by atoms with Crippen LogP contribution < -0.4 is 15.2 Å². The Hall–Kier alpha value is -1.22. The number of hydrogen-bond donors (Lipinski definition) is 1. The maximum absolute atomic E-state index is 5.80. The zero-order chi connectivity index (χ0) is 12.7. The predicted octanol–water partition coefficient (Wildman–Crippen LogP) is 2.84. The second-order valence-corrected chi connectivity index (χ2v) is 4.46. The lowest BCUT2D eigenvalue weighted by atomic mass is 10.1. The first-order valence-electron chi connectivity index (χ1n) is 6.27. The second kappa shape index (κ2) is 7.17. The van der Waals surface area contributed by atoms with E-state index in [1.54, 1.807) is 0 Å². The highest BCUT2D eigenvalue weighted by Crippen LogP contribution is 2.20. The highest BCUT2D eigenvalue weighted by molar-refractivity contribution is 5.31. The van der Waals surface area contributed by atoms with Crippen molar-refractivity contribution in [1.82, 2.24) is 0 Å². The highest BCUT2D eigenvalue weighted by Gasteiger charge is 2.12. The lowest BCUT2D eigenvalue weighted by Crippen LogP contribution is -2.31. The molecule has 0 radical (unpaired) electrons. The quantitative estimate of drug-likeness (QED) is 0.793. The minimum absolute atomic E-state index is 0.0670. The molecule has 2 N–H and O–H groups in total. The van der Waals surface area contributed by atoms with Crippen LogP contribution in [0.4, 0.5) is 0 Å². The van der Waals surface area contributed by atoms with Crippen LogP contribution in [0.2, 0.25) is 0 Å². The van der Waals surface area contributed by atoms with E-state index in [4.69, 9.17) is 15.2 Å². The Morgan fingerprint density at radius 2 is 1.71 bits per heavy atom. The normalized spacial score (nSPS) is 12.5. The van der Waals surface area contributed by atoms with Gasteiger partial charge in [-0.05, 0) is 36.6 Å². The fraction of sp³-hybridized carbons (Fsp3) is 0.571. The lowest BCUT2D eigenvalue weighted by Gasteiger charge is -2.20. The van der Waals surface area contributed by atoms with Crippen molar-refractivity contribution in [3.63, 3.8) is 0 Å². The first-order chi connectivity index (χ1) is 8.17. The van der Waals surface area contributed by atoms with Crippen LogP contribution in [0.1, 0.15) is 27.2 Å². The fourth-order valence-corrected chi connectivity index (χ4v) is 1.47. The molecule has 0 aliphatic carbocycles. The SMILES string of the molecule is CCCOc1ccc(OC(CN)C(C)C)cc1. The van der Waals surface area contributed by atoms with E-state index in [-0.39, 0.29) is 6.10 Å². The third kappa shape index (κ3) is 4.65. The standard InChI is InChI=1S/C14H23NO2/c1-4-9-16-12-5-7-13(8-6-12)17-14(10-15)11(2)3/h5-8,11,14H,4,9-10,15H2,1-3H3. The van der Waals surface area contributed by atoms with Crippen molar-refractivity contribution in [3.8, 4) is 11.5 Å². The third-order valence-corrected chi connectivity index (χ3v) is 2.56. The summed E-state index contributed by atoms with van der Waals surface area (Å²) in [7, 11) is 0. The zero-order valence-corrected chi connectivity index (χ0v) is 11.0. The summed E-state index contributed by atoms with van der Waals surface area (Å²) in [6.45, 7) is 7.59. The molecule has 0 fully saturated rings. The Morgan fingerprint density at radius 3 is 2.18 bits per heavy atom.